The molecule has 9 heteroatoms. The molecule has 2 N–H and O–H groups in total. The second-order valence-corrected chi connectivity index (χ2v) is 8.97. The van der Waals surface area contributed by atoms with E-state index in [1.54, 1.807) is 18.2 Å². The van der Waals surface area contributed by atoms with Gasteiger partial charge in [0.05, 0.1) is 18.7 Å². The summed E-state index contributed by atoms with van der Waals surface area (Å²) in [4.78, 5) is 37.4. The van der Waals surface area contributed by atoms with E-state index in [9.17, 15) is 14.7 Å². The van der Waals surface area contributed by atoms with Gasteiger partial charge < -0.3 is 20.1 Å². The Kier molecular flexibility index (Phi) is 8.30. The third-order valence-electron chi connectivity index (χ3n) is 6.21. The Bertz CT molecular complexity index is 976. The van der Waals surface area contributed by atoms with Crippen LogP contribution in [0.25, 0.3) is 0 Å². The molecule has 0 bridgehead atoms. The maximum absolute atomic E-state index is 12.6. The summed E-state index contributed by atoms with van der Waals surface area (Å²) < 4.78 is 5.97. The van der Waals surface area contributed by atoms with Gasteiger partial charge in [0.1, 0.15) is 5.75 Å². The van der Waals surface area contributed by atoms with Gasteiger partial charge >= 0.3 is 5.97 Å². The first kappa shape index (κ1) is 23.9. The minimum atomic E-state index is -0.989. The lowest BCUT2D eigenvalue weighted by molar-refractivity contribution is -0.122. The van der Waals surface area contributed by atoms with Crippen LogP contribution < -0.4 is 15.0 Å². The molecular formula is C25H33N5O4. The number of carboxylic acids is 1. The highest BCUT2D eigenvalue weighted by molar-refractivity contribution is 5.88. The van der Waals surface area contributed by atoms with Crippen LogP contribution in [0.3, 0.4) is 0 Å². The van der Waals surface area contributed by atoms with Gasteiger partial charge in [0.25, 0.3) is 0 Å². The summed E-state index contributed by atoms with van der Waals surface area (Å²) in [5.41, 5.74) is 1.96. The predicted molar refractivity (Wildman–Crippen MR) is 128 cm³/mol. The second-order valence-electron chi connectivity index (χ2n) is 8.97. The maximum atomic E-state index is 12.6. The Hall–Kier alpha value is -3.20. The van der Waals surface area contributed by atoms with Crippen molar-refractivity contribution in [2.45, 2.75) is 51.6 Å². The summed E-state index contributed by atoms with van der Waals surface area (Å²) >= 11 is 0. The monoisotopic (exact) mass is 467 g/mol. The molecule has 0 aliphatic carbocycles. The number of hydrogen-bond acceptors (Lipinski definition) is 7. The molecule has 1 fully saturated rings. The van der Waals surface area contributed by atoms with Gasteiger partial charge in [-0.2, -0.15) is 0 Å². The fourth-order valence-corrected chi connectivity index (χ4v) is 4.38. The zero-order valence-electron chi connectivity index (χ0n) is 19.5. The van der Waals surface area contributed by atoms with Crippen LogP contribution in [0, 0.1) is 0 Å². The molecule has 3 heterocycles. The van der Waals surface area contributed by atoms with Gasteiger partial charge in [-0.3, -0.25) is 9.69 Å². The van der Waals surface area contributed by atoms with Crippen LogP contribution in [-0.4, -0.2) is 64.6 Å². The van der Waals surface area contributed by atoms with Crippen molar-refractivity contribution in [1.82, 2.24) is 20.2 Å². The van der Waals surface area contributed by atoms with Crippen LogP contribution in [0.5, 0.6) is 5.75 Å². The van der Waals surface area contributed by atoms with Crippen LogP contribution in [0.4, 0.5) is 5.95 Å². The molecular weight excluding hydrogens is 434 g/mol. The van der Waals surface area contributed by atoms with E-state index < -0.39 is 5.97 Å². The summed E-state index contributed by atoms with van der Waals surface area (Å²) in [6.45, 7) is 4.27. The SMILES string of the molecule is O=C1CN(Cc2cnc(N3CCCCC3)nc2)Cc2ccc(C(=O)O)cc2OCCCCCN1. The van der Waals surface area contributed by atoms with Gasteiger partial charge in [-0.1, -0.05) is 6.07 Å². The Morgan fingerprint density at radius 2 is 1.79 bits per heavy atom. The molecule has 34 heavy (non-hydrogen) atoms. The minimum Gasteiger partial charge on any atom is -0.493 e. The average molecular weight is 468 g/mol. The molecule has 0 unspecified atom stereocenters. The molecule has 4 rings (SSSR count). The normalized spacial score (nSPS) is 18.5. The number of nitrogens with zero attached hydrogens (tertiary/aromatic N) is 4. The number of ether oxygens (including phenoxy) is 1. The number of anilines is 1. The third kappa shape index (κ3) is 6.66. The van der Waals surface area contributed by atoms with Gasteiger partial charge in [-0.05, 0) is 50.7 Å². The third-order valence-corrected chi connectivity index (χ3v) is 6.21. The molecule has 2 aromatic rings. The van der Waals surface area contributed by atoms with E-state index in [1.165, 1.54) is 19.3 Å². The number of carbonyl (C=O) groups is 2. The van der Waals surface area contributed by atoms with Gasteiger partial charge in [0.15, 0.2) is 0 Å². The Balaban J connectivity index is 1.53. The van der Waals surface area contributed by atoms with Crippen LogP contribution in [-0.2, 0) is 17.9 Å². The summed E-state index contributed by atoms with van der Waals surface area (Å²) in [5, 5.41) is 12.4. The van der Waals surface area contributed by atoms with Gasteiger partial charge in [-0.15, -0.1) is 0 Å². The smallest absolute Gasteiger partial charge is 0.335 e. The number of aromatic carboxylic acids is 1. The number of nitrogens with one attached hydrogen (secondary N) is 1. The van der Waals surface area contributed by atoms with E-state index in [0.717, 1.165) is 49.4 Å². The molecule has 0 spiro atoms. The lowest BCUT2D eigenvalue weighted by atomic mass is 10.1. The Morgan fingerprint density at radius 3 is 2.56 bits per heavy atom. The summed E-state index contributed by atoms with van der Waals surface area (Å²) in [7, 11) is 0. The van der Waals surface area contributed by atoms with Gasteiger partial charge in [0.2, 0.25) is 11.9 Å². The van der Waals surface area contributed by atoms with Crippen LogP contribution in [0.2, 0.25) is 0 Å². The van der Waals surface area contributed by atoms with Crippen LogP contribution >= 0.6 is 0 Å². The van der Waals surface area contributed by atoms with E-state index in [2.05, 4.69) is 20.2 Å². The van der Waals surface area contributed by atoms with Crippen molar-refractivity contribution in [3.05, 3.63) is 47.3 Å². The van der Waals surface area contributed by atoms with Crippen molar-refractivity contribution >= 4 is 17.8 Å². The quantitative estimate of drug-likeness (QED) is 0.707. The Morgan fingerprint density at radius 1 is 1.03 bits per heavy atom. The zero-order chi connectivity index (χ0) is 23.8. The van der Waals surface area contributed by atoms with Crippen molar-refractivity contribution in [1.29, 1.82) is 0 Å². The number of rotatable bonds is 4. The highest BCUT2D eigenvalue weighted by Crippen LogP contribution is 2.24. The molecule has 0 atom stereocenters. The molecule has 2 aliphatic heterocycles. The number of piperidine rings is 1. The van der Waals surface area contributed by atoms with E-state index >= 15 is 0 Å². The number of fused-ring (bicyclic) bond motifs is 1. The topological polar surface area (TPSA) is 108 Å². The summed E-state index contributed by atoms with van der Waals surface area (Å²) in [6.07, 6.45) is 9.91. The molecule has 1 aromatic heterocycles. The van der Waals surface area contributed by atoms with Crippen LogP contribution in [0.15, 0.2) is 30.6 Å². The number of aromatic nitrogens is 2. The lowest BCUT2D eigenvalue weighted by Gasteiger charge is -2.27. The van der Waals surface area contributed by atoms with E-state index in [0.29, 0.717) is 32.0 Å². The molecule has 1 amide bonds. The summed E-state index contributed by atoms with van der Waals surface area (Å²) in [5.74, 6) is 0.290. The molecule has 1 aromatic carbocycles. The van der Waals surface area contributed by atoms with Crippen LogP contribution in [0.1, 0.15) is 60.0 Å². The molecule has 9 nitrogen and oxygen atoms in total. The van der Waals surface area contributed by atoms with E-state index in [4.69, 9.17) is 4.74 Å². The highest BCUT2D eigenvalue weighted by Gasteiger charge is 2.18. The molecule has 2 aliphatic rings. The van der Waals surface area contributed by atoms with Crippen molar-refractivity contribution in [2.75, 3.05) is 37.7 Å². The molecule has 1 saturated heterocycles. The van der Waals surface area contributed by atoms with Gasteiger partial charge in [-0.25, -0.2) is 14.8 Å². The second kappa shape index (κ2) is 11.8. The van der Waals surface area contributed by atoms with Crippen molar-refractivity contribution in [3.63, 3.8) is 0 Å². The van der Waals surface area contributed by atoms with Crippen molar-refractivity contribution in [3.8, 4) is 5.75 Å². The fraction of sp³-hybridized carbons (Fsp3) is 0.520. The first-order valence-electron chi connectivity index (χ1n) is 12.1. The number of carboxylic acid groups (broad SMARTS) is 1. The van der Waals surface area contributed by atoms with E-state index in [-0.39, 0.29) is 18.0 Å². The fourth-order valence-electron chi connectivity index (χ4n) is 4.38. The average Bonchev–Trinajstić information content (AvgIpc) is 2.86. The number of benzene rings is 1. The zero-order valence-corrected chi connectivity index (χ0v) is 19.5. The van der Waals surface area contributed by atoms with E-state index in [1.807, 2.05) is 17.3 Å². The number of amides is 1. The first-order chi connectivity index (χ1) is 16.6. The molecule has 0 radical (unpaired) electrons. The Labute approximate surface area is 200 Å². The predicted octanol–water partition coefficient (Wildman–Crippen LogP) is 2.85. The molecule has 0 saturated carbocycles. The summed E-state index contributed by atoms with van der Waals surface area (Å²) in [6, 6.07) is 4.93. The highest BCUT2D eigenvalue weighted by atomic mass is 16.5. The standard InChI is InChI=1S/C25H33N5O4/c31-23-18-29(16-19-14-27-25(28-15-19)30-10-4-2-5-11-30)17-21-8-7-20(24(32)33)13-22(21)34-12-6-1-3-9-26-23/h7-8,13-15H,1-6,9-12,16-18H2,(H,26,31)(H,32,33). The first-order valence-corrected chi connectivity index (χ1v) is 12.1. The maximum Gasteiger partial charge on any atom is 0.335 e. The minimum absolute atomic E-state index is 0.0327. The molecule has 182 valence electrons. The number of hydrogen-bond donors (Lipinski definition) is 2. The number of carbonyl (C=O) groups excluding carboxylic acids is 1. The lowest BCUT2D eigenvalue weighted by Crippen LogP contribution is -2.37. The largest absolute Gasteiger partial charge is 0.493 e. The van der Waals surface area contributed by atoms with Gasteiger partial charge in [0, 0.05) is 56.2 Å². The van der Waals surface area contributed by atoms with Crippen molar-refractivity contribution < 1.29 is 19.4 Å². The van der Waals surface area contributed by atoms with Crippen molar-refractivity contribution in [2.24, 2.45) is 0 Å².